The van der Waals surface area contributed by atoms with E-state index in [1.165, 1.54) is 212 Å². The quantitative estimate of drug-likeness (QED) is 0.0356. The largest absolute Gasteiger partial charge is 0.443 e. The predicted octanol–water partition coefficient (Wildman–Crippen LogP) is 17.2. The second-order valence-electron chi connectivity index (χ2n) is 19.3. The van der Waals surface area contributed by atoms with Gasteiger partial charge in [0, 0.05) is 13.2 Å². The van der Waals surface area contributed by atoms with Crippen LogP contribution < -0.4 is 5.32 Å². The Balaban J connectivity index is 5.00. The van der Waals surface area contributed by atoms with Gasteiger partial charge < -0.3 is 28.8 Å². The van der Waals surface area contributed by atoms with Crippen molar-refractivity contribution in [2.75, 3.05) is 46.2 Å². The lowest BCUT2D eigenvalue weighted by Crippen LogP contribution is -2.43. The van der Waals surface area contributed by atoms with E-state index in [9.17, 15) is 4.79 Å². The molecule has 2 N–H and O–H groups in total. The second-order valence-corrected chi connectivity index (χ2v) is 19.3. The zero-order chi connectivity index (χ0) is 47.9. The number of aliphatic hydroxyl groups excluding tert-OH is 1. The fraction of sp³-hybridized carbons (Fsp3) is 0.914. The summed E-state index contributed by atoms with van der Waals surface area (Å²) in [5.74, 6) is 0. The van der Waals surface area contributed by atoms with Crippen LogP contribution in [0.4, 0.5) is 4.79 Å². The molecule has 0 aromatic heterocycles. The van der Waals surface area contributed by atoms with Crippen LogP contribution in [0.1, 0.15) is 278 Å². The van der Waals surface area contributed by atoms with Gasteiger partial charge in [0.1, 0.15) is 18.4 Å². The van der Waals surface area contributed by atoms with Gasteiger partial charge in [-0.2, -0.15) is 0 Å². The molecule has 8 nitrogen and oxygen atoms in total. The Morgan fingerprint density at radius 2 is 0.818 bits per heavy atom. The number of allylic oxidation sites excluding steroid dienone is 4. The second kappa shape index (κ2) is 56.1. The topological polar surface area (TPSA) is 95.5 Å². The summed E-state index contributed by atoms with van der Waals surface area (Å²) in [4.78, 5) is 13.3. The van der Waals surface area contributed by atoms with Crippen LogP contribution >= 0.6 is 0 Å². The van der Waals surface area contributed by atoms with Crippen LogP contribution in [-0.2, 0) is 23.7 Å². The highest BCUT2D eigenvalue weighted by Gasteiger charge is 2.27. The number of carbonyl (C=O) groups is 1. The lowest BCUT2D eigenvalue weighted by atomic mass is 10.0. The Labute approximate surface area is 410 Å². The van der Waals surface area contributed by atoms with Gasteiger partial charge in [0.25, 0.3) is 0 Å². The van der Waals surface area contributed by atoms with Crippen molar-refractivity contribution in [1.82, 2.24) is 5.32 Å². The van der Waals surface area contributed by atoms with Crippen LogP contribution in [-0.4, -0.2) is 75.9 Å². The number of aliphatic hydroxyl groups is 1. The Bertz CT molecular complexity index is 993. The molecule has 0 aromatic carbocycles. The third kappa shape index (κ3) is 50.4. The smallest absolute Gasteiger partial charge is 0.409 e. The van der Waals surface area contributed by atoms with Crippen LogP contribution in [0.15, 0.2) is 24.3 Å². The van der Waals surface area contributed by atoms with Gasteiger partial charge in [-0.25, -0.2) is 4.79 Å². The van der Waals surface area contributed by atoms with Crippen LogP contribution in [0.25, 0.3) is 0 Å². The first-order valence-corrected chi connectivity index (χ1v) is 28.9. The van der Waals surface area contributed by atoms with Gasteiger partial charge in [-0.3, -0.25) is 5.32 Å². The van der Waals surface area contributed by atoms with E-state index < -0.39 is 18.4 Å². The first-order valence-electron chi connectivity index (χ1n) is 28.9. The first kappa shape index (κ1) is 64.5. The normalized spacial score (nSPS) is 13.3. The van der Waals surface area contributed by atoms with E-state index in [4.69, 9.17) is 28.8 Å². The average Bonchev–Trinajstić information content (AvgIpc) is 3.31. The molecule has 0 fully saturated rings. The number of alkyl carbamates (subject to hydrolysis) is 1. The van der Waals surface area contributed by atoms with Crippen LogP contribution in [0.2, 0.25) is 0 Å². The summed E-state index contributed by atoms with van der Waals surface area (Å²) < 4.78 is 30.1. The third-order valence-electron chi connectivity index (χ3n) is 12.7. The highest BCUT2D eigenvalue weighted by atomic mass is 16.6. The molecule has 1 amide bonds. The van der Waals surface area contributed by atoms with Gasteiger partial charge >= 0.3 is 6.09 Å². The minimum Gasteiger partial charge on any atom is -0.443 e. The fourth-order valence-corrected chi connectivity index (χ4v) is 8.48. The molecule has 392 valence electrons. The van der Waals surface area contributed by atoms with E-state index in [1.807, 2.05) is 0 Å². The number of rotatable bonds is 55. The minimum atomic E-state index is -0.531. The predicted molar refractivity (Wildman–Crippen MR) is 283 cm³/mol. The summed E-state index contributed by atoms with van der Waals surface area (Å²) >= 11 is 0. The summed E-state index contributed by atoms with van der Waals surface area (Å²) in [5.41, 5.74) is 0. The summed E-state index contributed by atoms with van der Waals surface area (Å²) in [7, 11) is 0. The maximum atomic E-state index is 13.3. The van der Waals surface area contributed by atoms with Crippen molar-refractivity contribution in [3.05, 3.63) is 24.3 Å². The van der Waals surface area contributed by atoms with Crippen LogP contribution in [0, 0.1) is 0 Å². The van der Waals surface area contributed by atoms with Gasteiger partial charge in [-0.05, 0) is 84.0 Å². The number of nitrogens with one attached hydrogen (secondary N) is 1. The minimum absolute atomic E-state index is 0.0251. The summed E-state index contributed by atoms with van der Waals surface area (Å²) in [5, 5.41) is 11.8. The zero-order valence-corrected chi connectivity index (χ0v) is 44.5. The Morgan fingerprint density at radius 3 is 1.26 bits per heavy atom. The maximum Gasteiger partial charge on any atom is 0.409 e. The Kier molecular flexibility index (Phi) is 54.9. The Morgan fingerprint density at radius 1 is 0.424 bits per heavy atom. The lowest BCUT2D eigenvalue weighted by Gasteiger charge is -2.28. The van der Waals surface area contributed by atoms with Crippen molar-refractivity contribution in [1.29, 1.82) is 0 Å². The zero-order valence-electron chi connectivity index (χ0n) is 44.5. The van der Waals surface area contributed by atoms with Gasteiger partial charge in [0.15, 0.2) is 0 Å². The fourth-order valence-electron chi connectivity index (χ4n) is 8.48. The van der Waals surface area contributed by atoms with E-state index in [2.05, 4.69) is 50.4 Å². The van der Waals surface area contributed by atoms with Crippen molar-refractivity contribution < 1.29 is 33.6 Å². The SMILES string of the molecule is CCCCCCCC/C=C\CCCCCCCCOCC(OCCCCCCCC/C=C\CCCCCCCC)C(CCCCCCCCCCCC)OC(=O)NC(C)OCCOCCO. The molecule has 0 aromatic rings. The van der Waals surface area contributed by atoms with Gasteiger partial charge in [-0.15, -0.1) is 0 Å². The molecule has 66 heavy (non-hydrogen) atoms. The van der Waals surface area contributed by atoms with E-state index in [-0.39, 0.29) is 19.3 Å². The summed E-state index contributed by atoms with van der Waals surface area (Å²) in [6.07, 6.45) is 57.1. The molecule has 8 heteroatoms. The number of ether oxygens (including phenoxy) is 5. The van der Waals surface area contributed by atoms with E-state index in [0.717, 1.165) is 38.5 Å². The molecular formula is C58H113NO7. The van der Waals surface area contributed by atoms with Crippen molar-refractivity contribution in [2.24, 2.45) is 0 Å². The number of hydrogen-bond acceptors (Lipinski definition) is 7. The molecule has 0 spiro atoms. The first-order chi connectivity index (χ1) is 32.6. The van der Waals surface area contributed by atoms with Gasteiger partial charge in [0.05, 0.1) is 33.0 Å². The molecular weight excluding hydrogens is 823 g/mol. The number of carbonyl (C=O) groups excluding carboxylic acids is 1. The molecule has 0 radical (unpaired) electrons. The molecule has 0 saturated carbocycles. The van der Waals surface area contributed by atoms with E-state index in [0.29, 0.717) is 33.0 Å². The molecule has 0 bridgehead atoms. The molecule has 3 atom stereocenters. The highest BCUT2D eigenvalue weighted by Crippen LogP contribution is 2.19. The summed E-state index contributed by atoms with van der Waals surface area (Å²) in [6, 6.07) is 0. The molecule has 0 saturated heterocycles. The van der Waals surface area contributed by atoms with Crippen molar-refractivity contribution in [2.45, 2.75) is 297 Å². The van der Waals surface area contributed by atoms with Crippen molar-refractivity contribution >= 4 is 6.09 Å². The number of hydrogen-bond donors (Lipinski definition) is 2. The van der Waals surface area contributed by atoms with Crippen molar-refractivity contribution in [3.8, 4) is 0 Å². The third-order valence-corrected chi connectivity index (χ3v) is 12.7. The van der Waals surface area contributed by atoms with E-state index in [1.54, 1.807) is 6.92 Å². The maximum absolute atomic E-state index is 13.3. The molecule has 0 aliphatic heterocycles. The van der Waals surface area contributed by atoms with Crippen LogP contribution in [0.5, 0.6) is 0 Å². The van der Waals surface area contributed by atoms with Gasteiger partial charge in [-0.1, -0.05) is 218 Å². The molecule has 0 aliphatic carbocycles. The van der Waals surface area contributed by atoms with Crippen molar-refractivity contribution in [3.63, 3.8) is 0 Å². The molecule has 0 rings (SSSR count). The standard InChI is InChI=1S/C58H113NO7/c1-5-8-11-14-17-20-23-25-27-29-31-33-36-39-42-45-49-63-54-57(65-50-46-43-40-37-34-32-30-28-26-24-21-18-15-12-9-6-2)56(47-44-41-38-35-22-19-16-13-10-7-3)66-58(61)59-55(4)64-53-52-62-51-48-60/h25-28,55-57,60H,5-24,29-54H2,1-4H3,(H,59,61)/b27-25-,28-26-. The molecule has 0 heterocycles. The average molecular weight is 937 g/mol. The summed E-state index contributed by atoms with van der Waals surface area (Å²) in [6.45, 7) is 11.3. The lowest BCUT2D eigenvalue weighted by molar-refractivity contribution is -0.0888. The highest BCUT2D eigenvalue weighted by molar-refractivity contribution is 5.67. The van der Waals surface area contributed by atoms with E-state index >= 15 is 0 Å². The van der Waals surface area contributed by atoms with Crippen LogP contribution in [0.3, 0.4) is 0 Å². The van der Waals surface area contributed by atoms with Gasteiger partial charge in [0.2, 0.25) is 0 Å². The Hall–Kier alpha value is -1.45. The number of amides is 1. The number of unbranched alkanes of at least 4 members (excludes halogenated alkanes) is 33. The molecule has 3 unspecified atom stereocenters. The monoisotopic (exact) mass is 936 g/mol. The molecule has 0 aliphatic rings.